The predicted molar refractivity (Wildman–Crippen MR) is 151 cm³/mol. The van der Waals surface area contributed by atoms with Crippen LogP contribution < -0.4 is 19.5 Å². The number of methoxy groups -OCH3 is 1. The van der Waals surface area contributed by atoms with E-state index in [-0.39, 0.29) is 12.2 Å². The minimum absolute atomic E-state index is 0.0559. The van der Waals surface area contributed by atoms with Crippen LogP contribution in [0.15, 0.2) is 103 Å². The molecule has 4 aromatic carbocycles. The molecule has 0 aromatic heterocycles. The number of ether oxygens (including phenoxy) is 3. The Hall–Kier alpha value is -4.73. The molecule has 0 aliphatic heterocycles. The second kappa shape index (κ2) is 13.7. The Balaban J connectivity index is 1.45. The van der Waals surface area contributed by atoms with Crippen LogP contribution in [0.25, 0.3) is 6.08 Å². The highest BCUT2D eigenvalue weighted by molar-refractivity contribution is 6.30. The van der Waals surface area contributed by atoms with E-state index in [9.17, 15) is 10.1 Å². The molecule has 0 atom stereocenters. The molecule has 0 aliphatic carbocycles. The summed E-state index contributed by atoms with van der Waals surface area (Å²) in [6.07, 6.45) is 1.47. The van der Waals surface area contributed by atoms with Gasteiger partial charge < -0.3 is 19.5 Å². The number of benzene rings is 4. The molecule has 39 heavy (non-hydrogen) atoms. The van der Waals surface area contributed by atoms with Gasteiger partial charge in [0.25, 0.3) is 5.91 Å². The lowest BCUT2D eigenvalue weighted by Crippen LogP contribution is -2.23. The van der Waals surface area contributed by atoms with Crippen LogP contribution in [-0.4, -0.2) is 13.0 Å². The molecule has 1 amide bonds. The highest BCUT2D eigenvalue weighted by Gasteiger charge is 2.13. The number of nitriles is 1. The molecule has 0 spiro atoms. The smallest absolute Gasteiger partial charge is 0.262 e. The van der Waals surface area contributed by atoms with Gasteiger partial charge in [0.05, 0.1) is 7.11 Å². The molecule has 7 heteroatoms. The molecule has 0 aliphatic rings. The van der Waals surface area contributed by atoms with Crippen LogP contribution in [0.5, 0.6) is 17.2 Å². The van der Waals surface area contributed by atoms with Crippen LogP contribution >= 0.6 is 11.6 Å². The van der Waals surface area contributed by atoms with Crippen molar-refractivity contribution in [2.24, 2.45) is 0 Å². The second-order valence-corrected chi connectivity index (χ2v) is 9.00. The minimum atomic E-state index is -0.483. The van der Waals surface area contributed by atoms with Crippen molar-refractivity contribution in [3.05, 3.63) is 130 Å². The maximum absolute atomic E-state index is 12.7. The number of halogens is 1. The quantitative estimate of drug-likeness (QED) is 0.169. The lowest BCUT2D eigenvalue weighted by Gasteiger charge is -2.14. The number of hydrogen-bond acceptors (Lipinski definition) is 5. The molecule has 1 N–H and O–H groups in total. The summed E-state index contributed by atoms with van der Waals surface area (Å²) in [4.78, 5) is 12.7. The number of nitrogens with one attached hydrogen (secondary N) is 1. The van der Waals surface area contributed by atoms with E-state index in [1.54, 1.807) is 25.3 Å². The number of hydrogen-bond donors (Lipinski definition) is 1. The van der Waals surface area contributed by atoms with Crippen molar-refractivity contribution in [2.45, 2.75) is 19.8 Å². The summed E-state index contributed by atoms with van der Waals surface area (Å²) in [7, 11) is 1.59. The third kappa shape index (κ3) is 7.88. The van der Waals surface area contributed by atoms with Crippen LogP contribution in [0.1, 0.15) is 22.3 Å². The van der Waals surface area contributed by atoms with Gasteiger partial charge in [-0.05, 0) is 53.1 Å². The summed E-state index contributed by atoms with van der Waals surface area (Å²) >= 11 is 6.21. The molecule has 0 saturated carbocycles. The Morgan fingerprint density at radius 2 is 1.46 bits per heavy atom. The Labute approximate surface area is 233 Å². The van der Waals surface area contributed by atoms with E-state index in [0.29, 0.717) is 41.0 Å². The monoisotopic (exact) mass is 538 g/mol. The molecule has 0 radical (unpaired) electrons. The van der Waals surface area contributed by atoms with Crippen molar-refractivity contribution in [3.8, 4) is 23.3 Å². The fourth-order valence-electron chi connectivity index (χ4n) is 3.76. The van der Waals surface area contributed by atoms with Crippen LogP contribution in [0.3, 0.4) is 0 Å². The largest absolute Gasteiger partial charge is 0.493 e. The number of carbonyl (C=O) groups is 1. The van der Waals surface area contributed by atoms with E-state index in [0.717, 1.165) is 16.7 Å². The van der Waals surface area contributed by atoms with E-state index < -0.39 is 5.91 Å². The van der Waals surface area contributed by atoms with Gasteiger partial charge in [-0.2, -0.15) is 5.26 Å². The zero-order valence-corrected chi connectivity index (χ0v) is 22.2. The van der Waals surface area contributed by atoms with Crippen molar-refractivity contribution in [2.75, 3.05) is 7.11 Å². The Kier molecular flexibility index (Phi) is 9.60. The van der Waals surface area contributed by atoms with E-state index in [4.69, 9.17) is 25.8 Å². The number of rotatable bonds is 11. The van der Waals surface area contributed by atoms with Gasteiger partial charge in [0.2, 0.25) is 0 Å². The first-order valence-electron chi connectivity index (χ1n) is 12.3. The van der Waals surface area contributed by atoms with Crippen molar-refractivity contribution in [3.63, 3.8) is 0 Å². The molecule has 0 heterocycles. The number of amides is 1. The summed E-state index contributed by atoms with van der Waals surface area (Å²) in [5.41, 5.74) is 3.30. The normalized spacial score (nSPS) is 10.8. The average molecular weight is 539 g/mol. The van der Waals surface area contributed by atoms with Crippen LogP contribution in [0, 0.1) is 11.3 Å². The first kappa shape index (κ1) is 27.3. The first-order chi connectivity index (χ1) is 19.1. The van der Waals surface area contributed by atoms with Gasteiger partial charge in [-0.1, -0.05) is 78.3 Å². The standard InChI is InChI=1S/C32H27ClN2O4/c1-37-31-16-25(12-14-30(31)39-21-24-10-6-3-7-11-24)22-38-29-15-13-28(33)18-26(29)17-27(19-34)32(36)35-20-23-8-4-2-5-9-23/h2-18H,20-22H2,1H3,(H,35,36)/b27-17+. The van der Waals surface area contributed by atoms with Crippen LogP contribution in [0.4, 0.5) is 0 Å². The van der Waals surface area contributed by atoms with E-state index in [2.05, 4.69) is 5.32 Å². The highest BCUT2D eigenvalue weighted by Crippen LogP contribution is 2.31. The van der Waals surface area contributed by atoms with Crippen molar-refractivity contribution < 1.29 is 19.0 Å². The molecular weight excluding hydrogens is 512 g/mol. The Morgan fingerprint density at radius 3 is 2.15 bits per heavy atom. The lowest BCUT2D eigenvalue weighted by atomic mass is 10.1. The molecule has 0 bridgehead atoms. The molecule has 0 saturated heterocycles. The molecule has 0 unspecified atom stereocenters. The Bertz CT molecular complexity index is 1480. The van der Waals surface area contributed by atoms with Gasteiger partial charge in [-0.15, -0.1) is 0 Å². The van der Waals surface area contributed by atoms with E-state index in [1.165, 1.54) is 6.08 Å². The summed E-state index contributed by atoms with van der Waals surface area (Å²) in [6, 6.07) is 32.0. The van der Waals surface area contributed by atoms with Gasteiger partial charge in [-0.3, -0.25) is 4.79 Å². The van der Waals surface area contributed by atoms with E-state index in [1.807, 2.05) is 84.9 Å². The molecular formula is C32H27ClN2O4. The lowest BCUT2D eigenvalue weighted by molar-refractivity contribution is -0.117. The van der Waals surface area contributed by atoms with Gasteiger partial charge in [-0.25, -0.2) is 0 Å². The topological polar surface area (TPSA) is 80.6 Å². The summed E-state index contributed by atoms with van der Waals surface area (Å²) in [5, 5.41) is 12.9. The second-order valence-electron chi connectivity index (χ2n) is 8.57. The van der Waals surface area contributed by atoms with Crippen molar-refractivity contribution >= 4 is 23.6 Å². The SMILES string of the molecule is COc1cc(COc2ccc(Cl)cc2/C=C(\C#N)C(=O)NCc2ccccc2)ccc1OCc1ccccc1. The van der Waals surface area contributed by atoms with Gasteiger partial charge >= 0.3 is 0 Å². The number of nitrogens with zero attached hydrogens (tertiary/aromatic N) is 1. The van der Waals surface area contributed by atoms with Crippen molar-refractivity contribution in [1.82, 2.24) is 5.32 Å². The first-order valence-corrected chi connectivity index (χ1v) is 12.6. The zero-order chi connectivity index (χ0) is 27.5. The molecule has 6 nitrogen and oxygen atoms in total. The summed E-state index contributed by atoms with van der Waals surface area (Å²) in [6.45, 7) is 0.956. The molecule has 0 fully saturated rings. The maximum atomic E-state index is 12.7. The molecule has 4 rings (SSSR count). The van der Waals surface area contributed by atoms with E-state index >= 15 is 0 Å². The fraction of sp³-hybridized carbons (Fsp3) is 0.125. The predicted octanol–water partition coefficient (Wildman–Crippen LogP) is 6.73. The molecule has 196 valence electrons. The summed E-state index contributed by atoms with van der Waals surface area (Å²) < 4.78 is 17.5. The Morgan fingerprint density at radius 1 is 0.821 bits per heavy atom. The highest BCUT2D eigenvalue weighted by atomic mass is 35.5. The van der Waals surface area contributed by atoms with Gasteiger partial charge in [0.15, 0.2) is 11.5 Å². The maximum Gasteiger partial charge on any atom is 0.262 e. The fourth-order valence-corrected chi connectivity index (χ4v) is 3.94. The number of carbonyl (C=O) groups excluding carboxylic acids is 1. The summed E-state index contributed by atoms with van der Waals surface area (Å²) in [5.74, 6) is 1.21. The third-order valence-electron chi connectivity index (χ3n) is 5.79. The minimum Gasteiger partial charge on any atom is -0.493 e. The molecule has 4 aromatic rings. The average Bonchev–Trinajstić information content (AvgIpc) is 2.98. The zero-order valence-electron chi connectivity index (χ0n) is 21.4. The van der Waals surface area contributed by atoms with Crippen molar-refractivity contribution in [1.29, 1.82) is 5.26 Å². The van der Waals surface area contributed by atoms with Crippen LogP contribution in [-0.2, 0) is 24.6 Å². The third-order valence-corrected chi connectivity index (χ3v) is 6.03. The van der Waals surface area contributed by atoms with Gasteiger partial charge in [0, 0.05) is 17.1 Å². The van der Waals surface area contributed by atoms with Crippen LogP contribution in [0.2, 0.25) is 5.02 Å². The van der Waals surface area contributed by atoms with Gasteiger partial charge in [0.1, 0.15) is 30.6 Å².